The first-order valence-corrected chi connectivity index (χ1v) is 6.15. The maximum absolute atomic E-state index is 11.8. The van der Waals surface area contributed by atoms with Gasteiger partial charge in [0, 0.05) is 12.5 Å². The molecule has 1 aromatic heterocycles. The van der Waals surface area contributed by atoms with Gasteiger partial charge in [-0.1, -0.05) is 0 Å². The molecule has 108 valence electrons. The van der Waals surface area contributed by atoms with Crippen LogP contribution in [-0.2, 0) is 11.3 Å². The number of nitrogens with one attached hydrogen (secondary N) is 1. The zero-order chi connectivity index (χ0) is 15.2. The van der Waals surface area contributed by atoms with E-state index in [9.17, 15) is 4.79 Å². The fraction of sp³-hybridized carbons (Fsp3) is 0.231. The number of methoxy groups -OCH3 is 1. The largest absolute Gasteiger partial charge is 0.497 e. The molecular formula is C13H14N6O2. The first kappa shape index (κ1) is 14.3. The lowest BCUT2D eigenvalue weighted by Gasteiger charge is -2.09. The number of nitriles is 1. The van der Waals surface area contributed by atoms with E-state index in [2.05, 4.69) is 15.4 Å². The van der Waals surface area contributed by atoms with E-state index in [1.54, 1.807) is 25.3 Å². The Kier molecular flexibility index (Phi) is 4.36. The molecule has 2 rings (SSSR count). The molecule has 0 saturated carbocycles. The Morgan fingerprint density at radius 3 is 3.00 bits per heavy atom. The number of aromatic nitrogens is 3. The highest BCUT2D eigenvalue weighted by Crippen LogP contribution is 2.24. The number of nitrogens with zero attached hydrogens (tertiary/aromatic N) is 4. The van der Waals surface area contributed by atoms with E-state index >= 15 is 0 Å². The minimum absolute atomic E-state index is 0.0785. The highest BCUT2D eigenvalue weighted by atomic mass is 16.5. The molecule has 1 aromatic carbocycles. The van der Waals surface area contributed by atoms with E-state index in [0.29, 0.717) is 23.7 Å². The van der Waals surface area contributed by atoms with E-state index in [-0.39, 0.29) is 18.2 Å². The van der Waals surface area contributed by atoms with Crippen LogP contribution in [0.3, 0.4) is 0 Å². The molecule has 21 heavy (non-hydrogen) atoms. The lowest BCUT2D eigenvalue weighted by molar-refractivity contribution is -0.116. The predicted octanol–water partition coefficient (Wildman–Crippen LogP) is 0.769. The molecule has 1 amide bonds. The van der Waals surface area contributed by atoms with Gasteiger partial charge in [-0.2, -0.15) is 5.26 Å². The van der Waals surface area contributed by atoms with Gasteiger partial charge in [-0.25, -0.2) is 4.98 Å². The lowest BCUT2D eigenvalue weighted by Crippen LogP contribution is -2.15. The van der Waals surface area contributed by atoms with Crippen molar-refractivity contribution in [3.63, 3.8) is 0 Å². The van der Waals surface area contributed by atoms with Crippen LogP contribution in [0.2, 0.25) is 0 Å². The van der Waals surface area contributed by atoms with Gasteiger partial charge in [-0.05, 0) is 12.1 Å². The Hall–Kier alpha value is -3.08. The number of amides is 1. The van der Waals surface area contributed by atoms with Gasteiger partial charge in [0.1, 0.15) is 18.1 Å². The number of hydrogen-bond acceptors (Lipinski definition) is 6. The molecule has 0 aliphatic heterocycles. The lowest BCUT2D eigenvalue weighted by atomic mass is 10.2. The molecule has 0 unspecified atom stereocenters. The molecule has 0 saturated heterocycles. The summed E-state index contributed by atoms with van der Waals surface area (Å²) >= 11 is 0. The number of aryl methyl sites for hydroxylation is 1. The minimum Gasteiger partial charge on any atom is -0.497 e. The van der Waals surface area contributed by atoms with Crippen molar-refractivity contribution in [3.8, 4) is 11.8 Å². The van der Waals surface area contributed by atoms with Gasteiger partial charge in [0.25, 0.3) is 5.82 Å². The number of nitrogens with two attached hydrogens (primary N) is 1. The Balaban J connectivity index is 1.91. The summed E-state index contributed by atoms with van der Waals surface area (Å²) in [6.45, 7) is 0.330. The zero-order valence-electron chi connectivity index (χ0n) is 11.4. The van der Waals surface area contributed by atoms with E-state index < -0.39 is 0 Å². The van der Waals surface area contributed by atoms with Crippen molar-refractivity contribution in [2.45, 2.75) is 13.0 Å². The van der Waals surface area contributed by atoms with Crippen LogP contribution >= 0.6 is 0 Å². The molecule has 3 N–H and O–H groups in total. The summed E-state index contributed by atoms with van der Waals surface area (Å²) in [7, 11) is 1.54. The second-order valence-corrected chi connectivity index (χ2v) is 4.19. The number of nitrogen functional groups attached to an aromatic ring is 1. The molecule has 0 fully saturated rings. The highest BCUT2D eigenvalue weighted by molar-refractivity contribution is 5.93. The highest BCUT2D eigenvalue weighted by Gasteiger charge is 2.07. The van der Waals surface area contributed by atoms with E-state index in [1.165, 1.54) is 11.0 Å². The summed E-state index contributed by atoms with van der Waals surface area (Å²) in [6, 6.07) is 6.84. The second kappa shape index (κ2) is 6.38. The molecule has 0 aliphatic carbocycles. The molecule has 0 aliphatic rings. The number of carbonyl (C=O) groups excluding carboxylic acids is 1. The standard InChI is InChI=1S/C13H14N6O2/c1-21-9-2-3-11(10(15)6-9)17-13(20)4-5-19-8-16-12(7-14)18-19/h2-3,6,8H,4-5,15H2,1H3,(H,17,20). The molecule has 0 atom stereocenters. The third-order valence-electron chi connectivity index (χ3n) is 2.74. The molecule has 1 heterocycles. The van der Waals surface area contributed by atoms with Crippen molar-refractivity contribution < 1.29 is 9.53 Å². The van der Waals surface area contributed by atoms with Crippen molar-refractivity contribution in [1.82, 2.24) is 14.8 Å². The van der Waals surface area contributed by atoms with Crippen molar-refractivity contribution in [3.05, 3.63) is 30.4 Å². The van der Waals surface area contributed by atoms with Crippen LogP contribution in [-0.4, -0.2) is 27.8 Å². The molecule has 0 bridgehead atoms. The molecule has 0 radical (unpaired) electrons. The number of rotatable bonds is 5. The van der Waals surface area contributed by atoms with Gasteiger partial charge in [0.15, 0.2) is 0 Å². The van der Waals surface area contributed by atoms with E-state index in [1.807, 2.05) is 6.07 Å². The van der Waals surface area contributed by atoms with Crippen LogP contribution in [0, 0.1) is 11.3 Å². The summed E-state index contributed by atoms with van der Waals surface area (Å²) in [4.78, 5) is 15.6. The van der Waals surface area contributed by atoms with Gasteiger partial charge >= 0.3 is 0 Å². The summed E-state index contributed by atoms with van der Waals surface area (Å²) in [5.74, 6) is 0.493. The first-order valence-electron chi connectivity index (χ1n) is 6.15. The SMILES string of the molecule is COc1ccc(NC(=O)CCn2cnc(C#N)n2)c(N)c1. The maximum Gasteiger partial charge on any atom is 0.252 e. The van der Waals surface area contributed by atoms with E-state index in [4.69, 9.17) is 15.7 Å². The number of ether oxygens (including phenoxy) is 1. The number of anilines is 2. The van der Waals surface area contributed by atoms with E-state index in [0.717, 1.165) is 0 Å². The van der Waals surface area contributed by atoms with Gasteiger partial charge in [0.05, 0.1) is 25.0 Å². The Morgan fingerprint density at radius 2 is 2.38 bits per heavy atom. The monoisotopic (exact) mass is 286 g/mol. The molecule has 8 nitrogen and oxygen atoms in total. The van der Waals surface area contributed by atoms with Crippen molar-refractivity contribution in [2.24, 2.45) is 0 Å². The fourth-order valence-electron chi connectivity index (χ4n) is 1.66. The normalized spacial score (nSPS) is 9.90. The Labute approximate surface area is 121 Å². The quantitative estimate of drug-likeness (QED) is 0.783. The zero-order valence-corrected chi connectivity index (χ0v) is 11.4. The van der Waals surface area contributed by atoms with Gasteiger partial charge in [0.2, 0.25) is 5.91 Å². The fourth-order valence-corrected chi connectivity index (χ4v) is 1.66. The summed E-state index contributed by atoms with van der Waals surface area (Å²) in [6.07, 6.45) is 1.60. The topological polar surface area (TPSA) is 119 Å². The van der Waals surface area contributed by atoms with Gasteiger partial charge in [-0.3, -0.25) is 9.48 Å². The molecular weight excluding hydrogens is 272 g/mol. The summed E-state index contributed by atoms with van der Waals surface area (Å²) < 4.78 is 6.48. The van der Waals surface area contributed by atoms with Crippen LogP contribution in [0.5, 0.6) is 5.75 Å². The van der Waals surface area contributed by atoms with Crippen LogP contribution in [0.15, 0.2) is 24.5 Å². The number of carbonyl (C=O) groups is 1. The smallest absolute Gasteiger partial charge is 0.252 e. The summed E-state index contributed by atoms with van der Waals surface area (Å²) in [5.41, 5.74) is 6.77. The van der Waals surface area contributed by atoms with Crippen molar-refractivity contribution in [2.75, 3.05) is 18.2 Å². The minimum atomic E-state index is -0.208. The van der Waals surface area contributed by atoms with Crippen LogP contribution < -0.4 is 15.8 Å². The molecule has 8 heteroatoms. The van der Waals surface area contributed by atoms with Gasteiger partial charge < -0.3 is 15.8 Å². The van der Waals surface area contributed by atoms with Crippen LogP contribution in [0.1, 0.15) is 12.2 Å². The maximum atomic E-state index is 11.8. The van der Waals surface area contributed by atoms with Crippen molar-refractivity contribution >= 4 is 17.3 Å². The molecule has 2 aromatic rings. The summed E-state index contributed by atoms with van der Waals surface area (Å²) in [5, 5.41) is 15.2. The predicted molar refractivity (Wildman–Crippen MR) is 75.4 cm³/mol. The second-order valence-electron chi connectivity index (χ2n) is 4.19. The first-order chi connectivity index (χ1) is 10.1. The third-order valence-corrected chi connectivity index (χ3v) is 2.74. The average Bonchev–Trinajstić information content (AvgIpc) is 2.95. The Bertz CT molecular complexity index is 688. The number of hydrogen-bond donors (Lipinski definition) is 2. The van der Waals surface area contributed by atoms with Crippen molar-refractivity contribution in [1.29, 1.82) is 5.26 Å². The van der Waals surface area contributed by atoms with Crippen LogP contribution in [0.4, 0.5) is 11.4 Å². The number of benzene rings is 1. The molecule has 0 spiro atoms. The average molecular weight is 286 g/mol. The van der Waals surface area contributed by atoms with Crippen LogP contribution in [0.25, 0.3) is 0 Å². The Morgan fingerprint density at radius 1 is 1.57 bits per heavy atom. The van der Waals surface area contributed by atoms with Gasteiger partial charge in [-0.15, -0.1) is 5.10 Å². The third kappa shape index (κ3) is 3.70.